The molecule has 1 aromatic heterocycles. The molecule has 18 heavy (non-hydrogen) atoms. The summed E-state index contributed by atoms with van der Waals surface area (Å²) in [5.41, 5.74) is 2.95. The van der Waals surface area contributed by atoms with E-state index in [0.29, 0.717) is 6.61 Å². The summed E-state index contributed by atoms with van der Waals surface area (Å²) in [6.07, 6.45) is -0.530. The minimum atomic E-state index is -0.530. The molecule has 2 aromatic rings. The highest BCUT2D eigenvalue weighted by Gasteiger charge is 2.10. The molecule has 0 spiro atoms. The summed E-state index contributed by atoms with van der Waals surface area (Å²) in [5, 5.41) is 12.7. The Morgan fingerprint density at radius 2 is 2.17 bits per heavy atom. The molecule has 0 saturated carbocycles. The number of aryl methyl sites for hydroxylation is 2. The summed E-state index contributed by atoms with van der Waals surface area (Å²) in [6, 6.07) is 5.83. The van der Waals surface area contributed by atoms with Gasteiger partial charge in [-0.25, -0.2) is 4.98 Å². The van der Waals surface area contributed by atoms with Crippen LogP contribution in [0.5, 0.6) is 5.75 Å². The van der Waals surface area contributed by atoms with Gasteiger partial charge in [0.1, 0.15) is 17.4 Å². The molecule has 0 fully saturated rings. The number of nitrogens with zero attached hydrogens (tertiary/aromatic N) is 1. The lowest BCUT2D eigenvalue weighted by Crippen LogP contribution is -2.01. The first kappa shape index (κ1) is 13.1. The van der Waals surface area contributed by atoms with E-state index in [1.54, 1.807) is 18.3 Å². The first-order valence-electron chi connectivity index (χ1n) is 5.88. The maximum Gasteiger partial charge on any atom is 0.140 e. The predicted molar refractivity (Wildman–Crippen MR) is 73.0 cm³/mol. The number of hydrogen-bond acceptors (Lipinski definition) is 4. The maximum absolute atomic E-state index is 9.74. The molecule has 0 amide bonds. The molecule has 0 radical (unpaired) electrons. The lowest BCUT2D eigenvalue weighted by Gasteiger charge is -2.13. The van der Waals surface area contributed by atoms with Gasteiger partial charge >= 0.3 is 0 Å². The van der Waals surface area contributed by atoms with Gasteiger partial charge in [0.15, 0.2) is 0 Å². The van der Waals surface area contributed by atoms with Crippen molar-refractivity contribution in [1.82, 2.24) is 4.98 Å². The molecule has 96 valence electrons. The molecule has 2 rings (SSSR count). The molecule has 0 aliphatic rings. The summed E-state index contributed by atoms with van der Waals surface area (Å²) in [4.78, 5) is 4.35. The molecule has 0 aliphatic heterocycles. The van der Waals surface area contributed by atoms with E-state index >= 15 is 0 Å². The SMILES string of the molecule is Cc1ccc(OCc2nc(C)cs2)c([C@H](C)O)c1. The van der Waals surface area contributed by atoms with Crippen LogP contribution in [0.25, 0.3) is 0 Å². The molecule has 1 N–H and O–H groups in total. The smallest absolute Gasteiger partial charge is 0.140 e. The molecule has 4 heteroatoms. The van der Waals surface area contributed by atoms with Gasteiger partial charge in [0.2, 0.25) is 0 Å². The van der Waals surface area contributed by atoms with E-state index in [0.717, 1.165) is 27.6 Å². The van der Waals surface area contributed by atoms with Crippen LogP contribution in [0, 0.1) is 13.8 Å². The number of benzene rings is 1. The van der Waals surface area contributed by atoms with E-state index in [1.165, 1.54) is 0 Å². The van der Waals surface area contributed by atoms with E-state index in [4.69, 9.17) is 4.74 Å². The predicted octanol–water partition coefficient (Wildman–Crippen LogP) is 3.39. The summed E-state index contributed by atoms with van der Waals surface area (Å²) in [7, 11) is 0. The van der Waals surface area contributed by atoms with E-state index in [2.05, 4.69) is 4.98 Å². The zero-order chi connectivity index (χ0) is 13.1. The third-order valence-electron chi connectivity index (χ3n) is 2.63. The number of thiazole rings is 1. The zero-order valence-corrected chi connectivity index (χ0v) is 11.6. The van der Waals surface area contributed by atoms with Crippen molar-refractivity contribution in [2.24, 2.45) is 0 Å². The lowest BCUT2D eigenvalue weighted by molar-refractivity contribution is 0.190. The van der Waals surface area contributed by atoms with Gasteiger partial charge in [-0.1, -0.05) is 11.6 Å². The standard InChI is InChI=1S/C14H17NO2S/c1-9-4-5-13(12(6-9)11(3)16)17-7-14-15-10(2)8-18-14/h4-6,8,11,16H,7H2,1-3H3/t11-/m0/s1. The number of aliphatic hydroxyl groups excluding tert-OH is 1. The fraction of sp³-hybridized carbons (Fsp3) is 0.357. The minimum absolute atomic E-state index is 0.446. The van der Waals surface area contributed by atoms with Gasteiger partial charge in [0.25, 0.3) is 0 Å². The van der Waals surface area contributed by atoms with Crippen molar-refractivity contribution in [3.05, 3.63) is 45.4 Å². The lowest BCUT2D eigenvalue weighted by atomic mass is 10.1. The Kier molecular flexibility index (Phi) is 3.99. The molecule has 0 bridgehead atoms. The molecule has 1 atom stereocenters. The van der Waals surface area contributed by atoms with Crippen molar-refractivity contribution in [2.45, 2.75) is 33.5 Å². The first-order chi connectivity index (χ1) is 8.56. The maximum atomic E-state index is 9.74. The summed E-state index contributed by atoms with van der Waals surface area (Å²) in [6.45, 7) is 6.16. The molecular formula is C14H17NO2S. The molecule has 0 unspecified atom stereocenters. The van der Waals surface area contributed by atoms with Crippen molar-refractivity contribution in [3.8, 4) is 5.75 Å². The number of aliphatic hydroxyl groups is 1. The van der Waals surface area contributed by atoms with Crippen LogP contribution in [-0.2, 0) is 6.61 Å². The van der Waals surface area contributed by atoms with Gasteiger partial charge < -0.3 is 9.84 Å². The van der Waals surface area contributed by atoms with Crippen LogP contribution in [0.1, 0.15) is 34.9 Å². The Labute approximate surface area is 111 Å². The van der Waals surface area contributed by atoms with Crippen molar-refractivity contribution in [2.75, 3.05) is 0 Å². The molecule has 1 aromatic carbocycles. The first-order valence-corrected chi connectivity index (χ1v) is 6.76. The van der Waals surface area contributed by atoms with Crippen molar-refractivity contribution >= 4 is 11.3 Å². The Morgan fingerprint density at radius 1 is 1.39 bits per heavy atom. The van der Waals surface area contributed by atoms with Crippen LogP contribution in [0.4, 0.5) is 0 Å². The highest BCUT2D eigenvalue weighted by molar-refractivity contribution is 7.09. The largest absolute Gasteiger partial charge is 0.486 e. The minimum Gasteiger partial charge on any atom is -0.486 e. The Bertz CT molecular complexity index is 534. The molecular weight excluding hydrogens is 246 g/mol. The van der Waals surface area contributed by atoms with Crippen molar-refractivity contribution in [3.63, 3.8) is 0 Å². The molecule has 3 nitrogen and oxygen atoms in total. The van der Waals surface area contributed by atoms with E-state index in [-0.39, 0.29) is 0 Å². The number of rotatable bonds is 4. The topological polar surface area (TPSA) is 42.4 Å². The summed E-state index contributed by atoms with van der Waals surface area (Å²) in [5.74, 6) is 0.725. The van der Waals surface area contributed by atoms with Gasteiger partial charge in [-0.2, -0.15) is 0 Å². The van der Waals surface area contributed by atoms with Gasteiger partial charge in [-0.05, 0) is 32.9 Å². The molecule has 0 saturated heterocycles. The third-order valence-corrected chi connectivity index (χ3v) is 3.57. The number of aromatic nitrogens is 1. The van der Waals surface area contributed by atoms with Crippen LogP contribution in [0.3, 0.4) is 0 Å². The fourth-order valence-electron chi connectivity index (χ4n) is 1.73. The zero-order valence-electron chi connectivity index (χ0n) is 10.8. The van der Waals surface area contributed by atoms with Crippen molar-refractivity contribution in [1.29, 1.82) is 0 Å². The fourth-order valence-corrected chi connectivity index (χ4v) is 2.42. The van der Waals surface area contributed by atoms with Crippen LogP contribution >= 0.6 is 11.3 Å². The Hall–Kier alpha value is -1.39. The van der Waals surface area contributed by atoms with E-state index in [1.807, 2.05) is 37.4 Å². The average Bonchev–Trinajstić information content (AvgIpc) is 2.73. The second kappa shape index (κ2) is 5.50. The number of hydrogen-bond donors (Lipinski definition) is 1. The van der Waals surface area contributed by atoms with Gasteiger partial charge in [-0.15, -0.1) is 11.3 Å². The second-order valence-corrected chi connectivity index (χ2v) is 5.33. The summed E-state index contributed by atoms with van der Waals surface area (Å²) < 4.78 is 5.74. The van der Waals surface area contributed by atoms with Crippen molar-refractivity contribution < 1.29 is 9.84 Å². The Morgan fingerprint density at radius 3 is 2.78 bits per heavy atom. The quantitative estimate of drug-likeness (QED) is 0.919. The van der Waals surface area contributed by atoms with Crippen LogP contribution in [-0.4, -0.2) is 10.1 Å². The highest BCUT2D eigenvalue weighted by atomic mass is 32.1. The average molecular weight is 263 g/mol. The summed E-state index contributed by atoms with van der Waals surface area (Å²) >= 11 is 1.59. The highest BCUT2D eigenvalue weighted by Crippen LogP contribution is 2.27. The van der Waals surface area contributed by atoms with Gasteiger partial charge in [0, 0.05) is 16.6 Å². The monoisotopic (exact) mass is 263 g/mol. The normalized spacial score (nSPS) is 12.4. The van der Waals surface area contributed by atoms with Gasteiger partial charge in [0.05, 0.1) is 6.10 Å². The Balaban J connectivity index is 2.13. The molecule has 1 heterocycles. The van der Waals surface area contributed by atoms with Crippen LogP contribution in [0.15, 0.2) is 23.6 Å². The molecule has 0 aliphatic carbocycles. The van der Waals surface area contributed by atoms with E-state index < -0.39 is 6.10 Å². The van der Waals surface area contributed by atoms with E-state index in [9.17, 15) is 5.11 Å². The van der Waals surface area contributed by atoms with Crippen LogP contribution < -0.4 is 4.74 Å². The third kappa shape index (κ3) is 3.09. The second-order valence-electron chi connectivity index (χ2n) is 4.39. The number of ether oxygens (including phenoxy) is 1. The van der Waals surface area contributed by atoms with Crippen LogP contribution in [0.2, 0.25) is 0 Å². The van der Waals surface area contributed by atoms with Gasteiger partial charge in [-0.3, -0.25) is 0 Å².